The number of benzene rings is 3. The van der Waals surface area contributed by atoms with Crippen LogP contribution in [-0.4, -0.2) is 115 Å². The number of ether oxygens (including phenoxy) is 8. The highest BCUT2D eigenvalue weighted by Gasteiger charge is 2.44. The van der Waals surface area contributed by atoms with Crippen molar-refractivity contribution in [3.63, 3.8) is 0 Å². The molecule has 0 unspecified atom stereocenters. The molecule has 5 aliphatic rings. The summed E-state index contributed by atoms with van der Waals surface area (Å²) >= 11 is 0. The first-order chi connectivity index (χ1) is 33.2. The van der Waals surface area contributed by atoms with Crippen LogP contribution in [0.4, 0.5) is 4.79 Å². The number of hydrazone groups is 1. The Kier molecular flexibility index (Phi) is 12.6. The Morgan fingerprint density at radius 3 is 2.28 bits per heavy atom. The van der Waals surface area contributed by atoms with E-state index >= 15 is 0 Å². The zero-order chi connectivity index (χ0) is 46.9. The number of carbonyl (C=O) groups is 3. The summed E-state index contributed by atoms with van der Waals surface area (Å²) in [6, 6.07) is 13.5. The molecule has 10 rings (SSSR count). The maximum atomic E-state index is 14.6. The second kappa shape index (κ2) is 19.2. The summed E-state index contributed by atoms with van der Waals surface area (Å²) in [7, 11) is 6.29. The lowest BCUT2D eigenvalue weighted by molar-refractivity contribution is -0.143. The van der Waals surface area contributed by atoms with Crippen molar-refractivity contribution in [1.82, 2.24) is 30.2 Å². The third-order valence-electron chi connectivity index (χ3n) is 13.7. The molecule has 2 aliphatic carbocycles. The third kappa shape index (κ3) is 8.74. The van der Waals surface area contributed by atoms with Gasteiger partial charge in [0.1, 0.15) is 29.3 Å². The van der Waals surface area contributed by atoms with Crippen LogP contribution in [0.5, 0.6) is 46.0 Å². The van der Waals surface area contributed by atoms with Crippen LogP contribution >= 0.6 is 0 Å². The summed E-state index contributed by atoms with van der Waals surface area (Å²) in [5, 5.41) is 9.64. The fourth-order valence-electron chi connectivity index (χ4n) is 9.93. The molecule has 356 valence electrons. The lowest BCUT2D eigenvalue weighted by Gasteiger charge is -2.43. The average Bonchev–Trinajstić information content (AvgIpc) is 3.93. The van der Waals surface area contributed by atoms with Gasteiger partial charge in [0.25, 0.3) is 0 Å². The molecule has 5 heterocycles. The minimum atomic E-state index is -1.04. The third-order valence-corrected chi connectivity index (χ3v) is 13.7. The molecule has 2 aromatic heterocycles. The Balaban J connectivity index is 0.883. The zero-order valence-electron chi connectivity index (χ0n) is 38.6. The number of aromatic nitrogens is 3. The van der Waals surface area contributed by atoms with E-state index in [4.69, 9.17) is 43.0 Å². The first-order valence-corrected chi connectivity index (χ1v) is 23.2. The molecule has 1 saturated heterocycles. The summed E-state index contributed by atoms with van der Waals surface area (Å²) in [5.74, 6) is 4.08. The topological polar surface area (TPSA) is 197 Å². The van der Waals surface area contributed by atoms with Gasteiger partial charge in [-0.3, -0.25) is 9.59 Å². The van der Waals surface area contributed by atoms with Gasteiger partial charge in [-0.2, -0.15) is 5.10 Å². The fourth-order valence-corrected chi connectivity index (χ4v) is 9.93. The fraction of sp³-hybridized carbons (Fsp3) is 0.440. The first-order valence-electron chi connectivity index (χ1n) is 23.2. The largest absolute Gasteiger partial charge is 0.493 e. The maximum absolute atomic E-state index is 14.6. The molecule has 18 heteroatoms. The molecular weight excluding hydrogens is 875 g/mol. The SMILES string of the molecule is COc1ccc(C[C@H](NC(=O)Oc2c[nH]c3c(-c4c(OCC5CC5)ccc5c4OCO5)ncnc23)C(=O)N2CCC(N3N=C(c4ccc(OC)c(OC)c4)[C@H]4CCCC[C@H]4C3=O)CC2)cc1OC. The van der Waals surface area contributed by atoms with E-state index in [-0.39, 0.29) is 48.7 Å². The highest BCUT2D eigenvalue weighted by Crippen LogP contribution is 2.49. The number of H-pyrrole nitrogens is 1. The van der Waals surface area contributed by atoms with Crippen LogP contribution in [0.3, 0.4) is 0 Å². The summed E-state index contributed by atoms with van der Waals surface area (Å²) in [6.45, 7) is 1.30. The monoisotopic (exact) mass is 929 g/mol. The van der Waals surface area contributed by atoms with E-state index in [1.807, 2.05) is 36.4 Å². The van der Waals surface area contributed by atoms with Gasteiger partial charge in [0.15, 0.2) is 40.2 Å². The van der Waals surface area contributed by atoms with Crippen LogP contribution in [0.1, 0.15) is 62.5 Å². The average molecular weight is 930 g/mol. The molecule has 3 aromatic carbocycles. The van der Waals surface area contributed by atoms with Crippen molar-refractivity contribution in [3.8, 4) is 57.3 Å². The Morgan fingerprint density at radius 1 is 0.809 bits per heavy atom. The van der Waals surface area contributed by atoms with Gasteiger partial charge in [0.2, 0.25) is 18.6 Å². The van der Waals surface area contributed by atoms with Crippen LogP contribution in [0, 0.1) is 17.8 Å². The van der Waals surface area contributed by atoms with E-state index in [1.54, 1.807) is 43.4 Å². The van der Waals surface area contributed by atoms with E-state index in [0.29, 0.717) is 101 Å². The van der Waals surface area contributed by atoms with Crippen LogP contribution < -0.4 is 43.2 Å². The van der Waals surface area contributed by atoms with Gasteiger partial charge in [-0.1, -0.05) is 18.9 Å². The normalized spacial score (nSPS) is 19.5. The number of rotatable bonds is 15. The molecule has 0 radical (unpaired) electrons. The number of amides is 3. The van der Waals surface area contributed by atoms with Gasteiger partial charge in [0, 0.05) is 43.1 Å². The zero-order valence-corrected chi connectivity index (χ0v) is 38.6. The quantitative estimate of drug-likeness (QED) is 0.110. The molecule has 3 atom stereocenters. The van der Waals surface area contributed by atoms with Crippen molar-refractivity contribution >= 4 is 34.7 Å². The Hall–Kier alpha value is -7.24. The number of likely N-dealkylation sites (tertiary alicyclic amines) is 1. The molecule has 68 heavy (non-hydrogen) atoms. The van der Waals surface area contributed by atoms with Gasteiger partial charge in [0.05, 0.1) is 57.9 Å². The number of nitrogens with zero attached hydrogens (tertiary/aromatic N) is 5. The molecule has 0 bridgehead atoms. The van der Waals surface area contributed by atoms with E-state index in [2.05, 4.69) is 20.3 Å². The number of hydrogen-bond donors (Lipinski definition) is 2. The van der Waals surface area contributed by atoms with Gasteiger partial charge >= 0.3 is 6.09 Å². The van der Waals surface area contributed by atoms with Crippen molar-refractivity contribution in [2.45, 2.75) is 69.9 Å². The predicted octanol–water partition coefficient (Wildman–Crippen LogP) is 6.92. The summed E-state index contributed by atoms with van der Waals surface area (Å²) < 4.78 is 46.0. The summed E-state index contributed by atoms with van der Waals surface area (Å²) in [6.07, 6.45) is 9.11. The lowest BCUT2D eigenvalue weighted by Crippen LogP contribution is -2.56. The lowest BCUT2D eigenvalue weighted by atomic mass is 9.73. The van der Waals surface area contributed by atoms with Crippen LogP contribution in [-0.2, 0) is 16.0 Å². The second-order valence-electron chi connectivity index (χ2n) is 17.8. The van der Waals surface area contributed by atoms with E-state index in [1.165, 1.54) is 19.6 Å². The van der Waals surface area contributed by atoms with Crippen LogP contribution in [0.15, 0.2) is 66.2 Å². The standard InChI is InChI=1S/C50H55N7O11/c1-61-35-13-11-29(22-39(35)63-3)21-34(54-50(60)68-41-24-51-46-44(41)52-26-53-45(46)42-37(65-25-28-9-10-28)15-16-38-47(42)67-27-66-38)49(59)56-19-17-31(18-20-56)57-48(58)33-8-6-5-7-32(33)43(55-57)30-12-14-36(62-2)40(23-30)64-4/h11-16,22-24,26,28,31-34,51H,5-10,17-21,25,27H2,1-4H3,(H,54,60)/t32-,33+,34-/m0/s1. The van der Waals surface area contributed by atoms with Crippen molar-refractivity contribution in [2.75, 3.05) is 54.9 Å². The number of piperidine rings is 1. The summed E-state index contributed by atoms with van der Waals surface area (Å²) in [5.41, 5.74) is 4.40. The van der Waals surface area contributed by atoms with E-state index in [0.717, 1.165) is 55.4 Å². The maximum Gasteiger partial charge on any atom is 0.413 e. The number of methoxy groups -OCH3 is 4. The van der Waals surface area contributed by atoms with Crippen LogP contribution in [0.25, 0.3) is 22.3 Å². The Bertz CT molecular complexity index is 2750. The van der Waals surface area contributed by atoms with Crippen molar-refractivity contribution in [2.24, 2.45) is 22.9 Å². The minimum Gasteiger partial charge on any atom is -0.493 e. The van der Waals surface area contributed by atoms with Gasteiger partial charge < -0.3 is 53.1 Å². The Labute approximate surface area is 393 Å². The molecule has 5 aromatic rings. The molecule has 0 spiro atoms. The number of carbonyl (C=O) groups excluding carboxylic acids is 3. The van der Waals surface area contributed by atoms with Crippen molar-refractivity contribution < 1.29 is 52.3 Å². The number of nitrogens with one attached hydrogen (secondary N) is 2. The number of aromatic amines is 1. The molecule has 18 nitrogen and oxygen atoms in total. The number of hydrogen-bond acceptors (Lipinski definition) is 14. The minimum absolute atomic E-state index is 0.00689. The van der Waals surface area contributed by atoms with Crippen LogP contribution in [0.2, 0.25) is 0 Å². The second-order valence-corrected chi connectivity index (χ2v) is 17.8. The van der Waals surface area contributed by atoms with Gasteiger partial charge in [-0.15, -0.1) is 0 Å². The smallest absolute Gasteiger partial charge is 0.413 e. The van der Waals surface area contributed by atoms with Crippen molar-refractivity contribution in [3.05, 3.63) is 72.2 Å². The molecule has 2 saturated carbocycles. The molecule has 3 amide bonds. The Morgan fingerprint density at radius 2 is 1.53 bits per heavy atom. The van der Waals surface area contributed by atoms with Gasteiger partial charge in [-0.25, -0.2) is 19.8 Å². The van der Waals surface area contributed by atoms with E-state index < -0.39 is 12.1 Å². The van der Waals surface area contributed by atoms with E-state index in [9.17, 15) is 14.4 Å². The summed E-state index contributed by atoms with van der Waals surface area (Å²) in [4.78, 5) is 56.8. The number of fused-ring (bicyclic) bond motifs is 3. The molecular formula is C50H55N7O11. The first kappa shape index (κ1) is 44.6. The predicted molar refractivity (Wildman–Crippen MR) is 248 cm³/mol. The molecule has 3 aliphatic heterocycles. The highest BCUT2D eigenvalue weighted by molar-refractivity contribution is 6.07. The van der Waals surface area contributed by atoms with Crippen molar-refractivity contribution in [1.29, 1.82) is 0 Å². The van der Waals surface area contributed by atoms with Gasteiger partial charge in [-0.05, 0) is 92.5 Å². The molecule has 3 fully saturated rings. The molecule has 2 N–H and O–H groups in total. The highest BCUT2D eigenvalue weighted by atomic mass is 16.7.